The van der Waals surface area contributed by atoms with Gasteiger partial charge in [0.05, 0.1) is 5.56 Å². The summed E-state index contributed by atoms with van der Waals surface area (Å²) >= 11 is 3.20. The summed E-state index contributed by atoms with van der Waals surface area (Å²) in [4.78, 5) is 16.4. The van der Waals surface area contributed by atoms with Crippen molar-refractivity contribution < 1.29 is 9.18 Å². The van der Waals surface area contributed by atoms with Crippen LogP contribution in [0.2, 0.25) is 0 Å². The predicted molar refractivity (Wildman–Crippen MR) is 88.7 cm³/mol. The smallest absolute Gasteiger partial charge is 0.256 e. The van der Waals surface area contributed by atoms with Crippen molar-refractivity contribution in [2.24, 2.45) is 0 Å². The van der Waals surface area contributed by atoms with Gasteiger partial charge in [0.15, 0.2) is 0 Å². The van der Waals surface area contributed by atoms with E-state index in [4.69, 9.17) is 0 Å². The van der Waals surface area contributed by atoms with E-state index in [-0.39, 0.29) is 11.5 Å². The first-order chi connectivity index (χ1) is 10.6. The molecule has 1 amide bonds. The van der Waals surface area contributed by atoms with Gasteiger partial charge in [-0.2, -0.15) is 0 Å². The van der Waals surface area contributed by atoms with Gasteiger partial charge in [-0.05, 0) is 30.3 Å². The van der Waals surface area contributed by atoms with E-state index in [0.29, 0.717) is 17.6 Å². The number of rotatable bonds is 2. The summed E-state index contributed by atoms with van der Waals surface area (Å²) in [6, 6.07) is 14.7. The fourth-order valence-corrected chi connectivity index (χ4v) is 2.97. The van der Waals surface area contributed by atoms with Gasteiger partial charge in [-0.25, -0.2) is 4.39 Å². The number of para-hydroxylation sites is 1. The second kappa shape index (κ2) is 6.48. The molecule has 1 saturated heterocycles. The van der Waals surface area contributed by atoms with Crippen LogP contribution in [0.4, 0.5) is 10.1 Å². The fraction of sp³-hybridized carbons (Fsp3) is 0.235. The molecule has 1 fully saturated rings. The third-order valence-electron chi connectivity index (χ3n) is 3.85. The van der Waals surface area contributed by atoms with Gasteiger partial charge in [0.1, 0.15) is 5.82 Å². The molecule has 0 aromatic heterocycles. The molecule has 2 aromatic rings. The van der Waals surface area contributed by atoms with E-state index < -0.39 is 5.82 Å². The van der Waals surface area contributed by atoms with Gasteiger partial charge in [-0.15, -0.1) is 0 Å². The monoisotopic (exact) mass is 362 g/mol. The van der Waals surface area contributed by atoms with E-state index in [0.717, 1.165) is 18.8 Å². The third-order valence-corrected chi connectivity index (χ3v) is 4.34. The van der Waals surface area contributed by atoms with Gasteiger partial charge >= 0.3 is 0 Å². The highest BCUT2D eigenvalue weighted by molar-refractivity contribution is 9.10. The van der Waals surface area contributed by atoms with E-state index in [2.05, 4.69) is 33.0 Å². The molecule has 0 radical (unpaired) electrons. The lowest BCUT2D eigenvalue weighted by atomic mass is 10.1. The Morgan fingerprint density at radius 3 is 2.32 bits per heavy atom. The van der Waals surface area contributed by atoms with Crippen LogP contribution in [0.1, 0.15) is 10.4 Å². The van der Waals surface area contributed by atoms with E-state index >= 15 is 0 Å². The molecule has 1 aliphatic rings. The molecule has 2 aromatic carbocycles. The van der Waals surface area contributed by atoms with Gasteiger partial charge in [0, 0.05) is 36.3 Å². The van der Waals surface area contributed by atoms with Crippen LogP contribution in [0.25, 0.3) is 0 Å². The van der Waals surface area contributed by atoms with Crippen molar-refractivity contribution in [1.82, 2.24) is 4.90 Å². The lowest BCUT2D eigenvalue weighted by Crippen LogP contribution is -2.49. The highest BCUT2D eigenvalue weighted by Crippen LogP contribution is 2.19. The average molecular weight is 363 g/mol. The molecule has 0 N–H and O–H groups in total. The maximum absolute atomic E-state index is 13.9. The minimum atomic E-state index is -0.482. The fourth-order valence-electron chi connectivity index (χ4n) is 2.64. The van der Waals surface area contributed by atoms with Gasteiger partial charge in [0.2, 0.25) is 0 Å². The minimum absolute atomic E-state index is 0.136. The molecule has 1 heterocycles. The quantitative estimate of drug-likeness (QED) is 0.815. The van der Waals surface area contributed by atoms with Crippen molar-refractivity contribution in [3.8, 4) is 0 Å². The third kappa shape index (κ3) is 3.14. The van der Waals surface area contributed by atoms with E-state index in [1.165, 1.54) is 12.1 Å². The number of nitrogens with zero attached hydrogens (tertiary/aromatic N) is 2. The molecule has 0 aliphatic carbocycles. The molecule has 0 saturated carbocycles. The summed E-state index contributed by atoms with van der Waals surface area (Å²) in [5, 5.41) is 0. The zero-order valence-electron chi connectivity index (χ0n) is 12.0. The molecule has 0 unspecified atom stereocenters. The predicted octanol–water partition coefficient (Wildman–Crippen LogP) is 3.55. The Morgan fingerprint density at radius 1 is 1.00 bits per heavy atom. The van der Waals surface area contributed by atoms with Crippen LogP contribution in [0.15, 0.2) is 53.0 Å². The first-order valence-electron chi connectivity index (χ1n) is 7.19. The Morgan fingerprint density at radius 2 is 1.68 bits per heavy atom. The number of piperazine rings is 1. The number of benzene rings is 2. The van der Waals surface area contributed by atoms with Gasteiger partial charge < -0.3 is 9.80 Å². The van der Waals surface area contributed by atoms with Crippen LogP contribution in [0.3, 0.4) is 0 Å². The second-order valence-corrected chi connectivity index (χ2v) is 6.15. The van der Waals surface area contributed by atoms with Crippen LogP contribution >= 0.6 is 15.9 Å². The molecule has 0 spiro atoms. The van der Waals surface area contributed by atoms with Gasteiger partial charge in [-0.3, -0.25) is 4.79 Å². The SMILES string of the molecule is O=C(c1ccc(Br)cc1F)N1CCN(c2ccccc2)CC1. The highest BCUT2D eigenvalue weighted by atomic mass is 79.9. The molecule has 0 atom stereocenters. The summed E-state index contributed by atoms with van der Waals surface area (Å²) < 4.78 is 14.5. The molecule has 3 rings (SSSR count). The first kappa shape index (κ1) is 15.0. The van der Waals surface area contributed by atoms with Gasteiger partial charge in [-0.1, -0.05) is 34.1 Å². The normalized spacial score (nSPS) is 15.0. The van der Waals surface area contributed by atoms with Crippen molar-refractivity contribution in [1.29, 1.82) is 0 Å². The number of hydrogen-bond donors (Lipinski definition) is 0. The molecule has 114 valence electrons. The standard InChI is InChI=1S/C17H16BrFN2O/c18-13-6-7-15(16(19)12-13)17(22)21-10-8-20(9-11-21)14-4-2-1-3-5-14/h1-7,12H,8-11H2. The molecule has 5 heteroatoms. The molecule has 22 heavy (non-hydrogen) atoms. The Labute approximate surface area is 137 Å². The first-order valence-corrected chi connectivity index (χ1v) is 7.99. The summed E-state index contributed by atoms with van der Waals surface area (Å²) in [5.41, 5.74) is 1.29. The van der Waals surface area contributed by atoms with Crippen molar-refractivity contribution in [2.45, 2.75) is 0 Å². The van der Waals surface area contributed by atoms with Crippen molar-refractivity contribution >= 4 is 27.5 Å². The van der Waals surface area contributed by atoms with Crippen LogP contribution in [0.5, 0.6) is 0 Å². The summed E-state index contributed by atoms with van der Waals surface area (Å²) in [7, 11) is 0. The molecule has 0 bridgehead atoms. The number of carbonyl (C=O) groups is 1. The summed E-state index contributed by atoms with van der Waals surface area (Å²) in [6.45, 7) is 2.72. The Bertz CT molecular complexity index is 670. The number of hydrogen-bond acceptors (Lipinski definition) is 2. The van der Waals surface area contributed by atoms with E-state index in [9.17, 15) is 9.18 Å². The molecule has 3 nitrogen and oxygen atoms in total. The van der Waals surface area contributed by atoms with Crippen molar-refractivity contribution in [3.05, 3.63) is 64.4 Å². The van der Waals surface area contributed by atoms with E-state index in [1.807, 2.05) is 18.2 Å². The van der Waals surface area contributed by atoms with Crippen LogP contribution in [-0.2, 0) is 0 Å². The molecule has 1 aliphatic heterocycles. The minimum Gasteiger partial charge on any atom is -0.368 e. The number of carbonyl (C=O) groups excluding carboxylic acids is 1. The van der Waals surface area contributed by atoms with Crippen molar-refractivity contribution in [3.63, 3.8) is 0 Å². The maximum atomic E-state index is 13.9. The molecular formula is C17H16BrFN2O. The lowest BCUT2D eigenvalue weighted by Gasteiger charge is -2.36. The topological polar surface area (TPSA) is 23.6 Å². The number of anilines is 1. The van der Waals surface area contributed by atoms with Crippen molar-refractivity contribution in [2.75, 3.05) is 31.1 Å². The largest absolute Gasteiger partial charge is 0.368 e. The highest BCUT2D eigenvalue weighted by Gasteiger charge is 2.24. The molecular weight excluding hydrogens is 347 g/mol. The average Bonchev–Trinajstić information content (AvgIpc) is 2.55. The van der Waals surface area contributed by atoms with Gasteiger partial charge in [0.25, 0.3) is 5.91 Å². The van der Waals surface area contributed by atoms with E-state index in [1.54, 1.807) is 11.0 Å². The Balaban J connectivity index is 1.67. The van der Waals surface area contributed by atoms with Crippen LogP contribution in [0, 0.1) is 5.82 Å². The van der Waals surface area contributed by atoms with Crippen LogP contribution < -0.4 is 4.90 Å². The number of halogens is 2. The lowest BCUT2D eigenvalue weighted by molar-refractivity contribution is 0.0742. The number of amides is 1. The zero-order chi connectivity index (χ0) is 15.5. The Hall–Kier alpha value is -1.88. The van der Waals surface area contributed by atoms with Crippen LogP contribution in [-0.4, -0.2) is 37.0 Å². The second-order valence-electron chi connectivity index (χ2n) is 5.24. The maximum Gasteiger partial charge on any atom is 0.256 e. The summed E-state index contributed by atoms with van der Waals surface area (Å²) in [5.74, 6) is -0.720. The Kier molecular flexibility index (Phi) is 4.43. The zero-order valence-corrected chi connectivity index (χ0v) is 13.6. The summed E-state index contributed by atoms with van der Waals surface area (Å²) in [6.07, 6.45) is 0.